The third-order valence-corrected chi connectivity index (χ3v) is 2.86. The molecule has 0 amide bonds. The van der Waals surface area contributed by atoms with Crippen molar-refractivity contribution in [1.29, 1.82) is 0 Å². The molecule has 0 aliphatic heterocycles. The van der Waals surface area contributed by atoms with Gasteiger partial charge in [-0.1, -0.05) is 12.1 Å². The Kier molecular flexibility index (Phi) is 4.93. The maximum atomic E-state index is 12.5. The second-order valence-corrected chi connectivity index (χ2v) is 4.01. The summed E-state index contributed by atoms with van der Waals surface area (Å²) in [6.07, 6.45) is -0.666. The lowest BCUT2D eigenvalue weighted by Gasteiger charge is -2.06. The van der Waals surface area contributed by atoms with Crippen molar-refractivity contribution in [2.75, 3.05) is 12.4 Å². The van der Waals surface area contributed by atoms with Gasteiger partial charge in [-0.3, -0.25) is 0 Å². The van der Waals surface area contributed by atoms with Crippen LogP contribution in [0.3, 0.4) is 0 Å². The highest BCUT2D eigenvalue weighted by molar-refractivity contribution is 7.98. The lowest BCUT2D eigenvalue weighted by atomic mass is 10.2. The summed E-state index contributed by atoms with van der Waals surface area (Å²) in [4.78, 5) is 0. The van der Waals surface area contributed by atoms with E-state index in [1.165, 1.54) is 23.9 Å². The summed E-state index contributed by atoms with van der Waals surface area (Å²) < 4.78 is 12.5. The smallest absolute Gasteiger partial charge is 0.123 e. The van der Waals surface area contributed by atoms with E-state index < -0.39 is 6.10 Å². The van der Waals surface area contributed by atoms with Crippen molar-refractivity contribution in [2.24, 2.45) is 0 Å². The molecule has 0 aliphatic carbocycles. The molecule has 4 heteroatoms. The third kappa shape index (κ3) is 4.09. The van der Waals surface area contributed by atoms with Gasteiger partial charge in [-0.05, 0) is 17.7 Å². The van der Waals surface area contributed by atoms with Gasteiger partial charge in [0.25, 0.3) is 0 Å². The Morgan fingerprint density at radius 2 is 1.93 bits per heavy atom. The average molecular weight is 216 g/mol. The van der Waals surface area contributed by atoms with E-state index in [-0.39, 0.29) is 12.4 Å². The molecule has 0 spiro atoms. The van der Waals surface area contributed by atoms with Crippen LogP contribution in [-0.2, 0) is 5.75 Å². The van der Waals surface area contributed by atoms with Crippen molar-refractivity contribution in [3.63, 3.8) is 0 Å². The van der Waals surface area contributed by atoms with E-state index in [0.29, 0.717) is 5.75 Å². The molecule has 0 radical (unpaired) electrons. The first-order chi connectivity index (χ1) is 6.72. The highest BCUT2D eigenvalue weighted by Crippen LogP contribution is 2.13. The molecular formula is C10H13FO2S. The fourth-order valence-electron chi connectivity index (χ4n) is 0.946. The molecule has 0 aliphatic rings. The molecule has 2 N–H and O–H groups in total. The molecule has 2 nitrogen and oxygen atoms in total. The predicted octanol–water partition coefficient (Wildman–Crippen LogP) is 1.41. The highest BCUT2D eigenvalue weighted by atomic mass is 32.2. The van der Waals surface area contributed by atoms with Crippen LogP contribution in [0.25, 0.3) is 0 Å². The van der Waals surface area contributed by atoms with Gasteiger partial charge in [0, 0.05) is 11.5 Å². The predicted molar refractivity (Wildman–Crippen MR) is 55.7 cm³/mol. The lowest BCUT2D eigenvalue weighted by Crippen LogP contribution is -2.14. The maximum Gasteiger partial charge on any atom is 0.123 e. The molecule has 0 bridgehead atoms. The number of aliphatic hydroxyl groups excluding tert-OH is 2. The Morgan fingerprint density at radius 3 is 2.50 bits per heavy atom. The molecular weight excluding hydrogens is 203 g/mol. The van der Waals surface area contributed by atoms with E-state index in [1.54, 1.807) is 12.1 Å². The minimum absolute atomic E-state index is 0.212. The van der Waals surface area contributed by atoms with E-state index in [9.17, 15) is 4.39 Å². The van der Waals surface area contributed by atoms with Gasteiger partial charge in [0.15, 0.2) is 0 Å². The molecule has 1 rings (SSSR count). The zero-order valence-corrected chi connectivity index (χ0v) is 8.51. The lowest BCUT2D eigenvalue weighted by molar-refractivity contribution is 0.113. The van der Waals surface area contributed by atoms with Crippen LogP contribution in [0, 0.1) is 5.82 Å². The van der Waals surface area contributed by atoms with Crippen molar-refractivity contribution in [1.82, 2.24) is 0 Å². The standard InChI is InChI=1S/C10H13FO2S/c11-9-3-1-8(2-4-9)6-14-7-10(13)5-12/h1-4,10,12-13H,5-7H2. The molecule has 14 heavy (non-hydrogen) atoms. The summed E-state index contributed by atoms with van der Waals surface area (Å²) in [7, 11) is 0. The van der Waals surface area contributed by atoms with Gasteiger partial charge >= 0.3 is 0 Å². The van der Waals surface area contributed by atoms with Gasteiger partial charge in [0.05, 0.1) is 12.7 Å². The van der Waals surface area contributed by atoms with E-state index in [1.807, 2.05) is 0 Å². The second-order valence-electron chi connectivity index (χ2n) is 2.98. The van der Waals surface area contributed by atoms with Crippen LogP contribution < -0.4 is 0 Å². The second kappa shape index (κ2) is 6.01. The fourth-order valence-corrected chi connectivity index (χ4v) is 1.87. The Labute approximate surface area is 86.8 Å². The van der Waals surface area contributed by atoms with Crippen LogP contribution in [-0.4, -0.2) is 28.7 Å². The Hall–Kier alpha value is -0.580. The number of hydrogen-bond acceptors (Lipinski definition) is 3. The van der Waals surface area contributed by atoms with Crippen LogP contribution in [0.2, 0.25) is 0 Å². The van der Waals surface area contributed by atoms with Crippen LogP contribution in [0.15, 0.2) is 24.3 Å². The van der Waals surface area contributed by atoms with Crippen LogP contribution in [0.4, 0.5) is 4.39 Å². The van der Waals surface area contributed by atoms with Crippen LogP contribution in [0.5, 0.6) is 0 Å². The normalized spacial score (nSPS) is 12.8. The summed E-state index contributed by atoms with van der Waals surface area (Å²) in [5, 5.41) is 17.6. The molecule has 78 valence electrons. The van der Waals surface area contributed by atoms with Crippen LogP contribution >= 0.6 is 11.8 Å². The topological polar surface area (TPSA) is 40.5 Å². The largest absolute Gasteiger partial charge is 0.394 e. The van der Waals surface area contributed by atoms with Gasteiger partial charge in [-0.2, -0.15) is 11.8 Å². The summed E-state index contributed by atoms with van der Waals surface area (Å²) in [5.41, 5.74) is 1.02. The minimum Gasteiger partial charge on any atom is -0.394 e. The number of halogens is 1. The first-order valence-corrected chi connectivity index (χ1v) is 5.49. The molecule has 0 saturated heterocycles. The number of hydrogen-bond donors (Lipinski definition) is 2. The first kappa shape index (κ1) is 11.5. The number of benzene rings is 1. The zero-order chi connectivity index (χ0) is 10.4. The number of thioether (sulfide) groups is 1. The average Bonchev–Trinajstić information content (AvgIpc) is 2.21. The molecule has 1 aromatic rings. The molecule has 0 saturated carbocycles. The first-order valence-electron chi connectivity index (χ1n) is 4.33. The Morgan fingerprint density at radius 1 is 1.29 bits per heavy atom. The van der Waals surface area contributed by atoms with E-state index in [2.05, 4.69) is 0 Å². The molecule has 1 aromatic carbocycles. The van der Waals surface area contributed by atoms with E-state index in [0.717, 1.165) is 11.3 Å². The molecule has 1 unspecified atom stereocenters. The summed E-state index contributed by atoms with van der Waals surface area (Å²) in [5.74, 6) is 0.972. The van der Waals surface area contributed by atoms with Crippen molar-refractivity contribution in [3.05, 3.63) is 35.6 Å². The molecule has 0 heterocycles. The third-order valence-electron chi connectivity index (χ3n) is 1.70. The zero-order valence-electron chi connectivity index (χ0n) is 7.69. The Balaban J connectivity index is 2.28. The molecule has 1 atom stereocenters. The van der Waals surface area contributed by atoms with Gasteiger partial charge in [0.1, 0.15) is 5.82 Å². The number of rotatable bonds is 5. The van der Waals surface area contributed by atoms with E-state index >= 15 is 0 Å². The number of aliphatic hydroxyl groups is 2. The maximum absolute atomic E-state index is 12.5. The van der Waals surface area contributed by atoms with Crippen molar-refractivity contribution in [2.45, 2.75) is 11.9 Å². The van der Waals surface area contributed by atoms with E-state index in [4.69, 9.17) is 10.2 Å². The van der Waals surface area contributed by atoms with Crippen molar-refractivity contribution in [3.8, 4) is 0 Å². The van der Waals surface area contributed by atoms with Gasteiger partial charge < -0.3 is 10.2 Å². The molecule has 0 aromatic heterocycles. The monoisotopic (exact) mass is 216 g/mol. The van der Waals surface area contributed by atoms with Crippen LogP contribution in [0.1, 0.15) is 5.56 Å². The highest BCUT2D eigenvalue weighted by Gasteiger charge is 2.01. The molecule has 0 fully saturated rings. The summed E-state index contributed by atoms with van der Waals surface area (Å²) in [6.45, 7) is -0.212. The summed E-state index contributed by atoms with van der Waals surface area (Å²) in [6, 6.07) is 6.26. The Bertz CT molecular complexity index is 263. The van der Waals surface area contributed by atoms with Gasteiger partial charge in [-0.15, -0.1) is 0 Å². The summed E-state index contributed by atoms with van der Waals surface area (Å²) >= 11 is 1.51. The van der Waals surface area contributed by atoms with Gasteiger partial charge in [0.2, 0.25) is 0 Å². The van der Waals surface area contributed by atoms with Gasteiger partial charge in [-0.25, -0.2) is 4.39 Å². The van der Waals surface area contributed by atoms with Crippen molar-refractivity contribution >= 4 is 11.8 Å². The fraction of sp³-hybridized carbons (Fsp3) is 0.400. The minimum atomic E-state index is -0.666. The SMILES string of the molecule is OCC(O)CSCc1ccc(F)cc1. The van der Waals surface area contributed by atoms with Crippen molar-refractivity contribution < 1.29 is 14.6 Å². The quantitative estimate of drug-likeness (QED) is 0.782.